The Bertz CT molecular complexity index is 1170. The summed E-state index contributed by atoms with van der Waals surface area (Å²) in [4.78, 5) is 0.0740. The highest BCUT2D eigenvalue weighted by molar-refractivity contribution is 7.92. The molecule has 1 saturated heterocycles. The number of benzene rings is 2. The number of hydrogen-bond acceptors (Lipinski definition) is 6. The minimum absolute atomic E-state index is 0.0289. The average Bonchev–Trinajstić information content (AvgIpc) is 3.23. The molecule has 4 rings (SSSR count). The van der Waals surface area contributed by atoms with Gasteiger partial charge in [-0.05, 0) is 61.7 Å². The van der Waals surface area contributed by atoms with Crippen LogP contribution in [0.15, 0.2) is 46.2 Å². The molecular weight excluding hydrogens is 440 g/mol. The normalized spacial score (nSPS) is 17.1. The molecule has 1 fully saturated rings. The van der Waals surface area contributed by atoms with E-state index in [9.17, 15) is 16.8 Å². The lowest BCUT2D eigenvalue weighted by Gasteiger charge is -2.27. The number of fused-ring (bicyclic) bond motifs is 1. The molecule has 0 amide bonds. The largest absolute Gasteiger partial charge is 0.493 e. The molecule has 0 unspecified atom stereocenters. The molecule has 0 radical (unpaired) electrons. The van der Waals surface area contributed by atoms with Gasteiger partial charge in [-0.3, -0.25) is 4.72 Å². The van der Waals surface area contributed by atoms with Crippen molar-refractivity contribution in [2.45, 2.75) is 42.4 Å². The van der Waals surface area contributed by atoms with Crippen LogP contribution in [0.2, 0.25) is 0 Å². The predicted octanol–water partition coefficient (Wildman–Crippen LogP) is 3.00. The maximum absolute atomic E-state index is 13.3. The van der Waals surface area contributed by atoms with Crippen molar-refractivity contribution < 1.29 is 26.3 Å². The fraction of sp³-hybridized carbons (Fsp3) is 0.429. The highest BCUT2D eigenvalue weighted by atomic mass is 32.2. The van der Waals surface area contributed by atoms with Crippen molar-refractivity contribution in [2.24, 2.45) is 0 Å². The van der Waals surface area contributed by atoms with Gasteiger partial charge in [0.05, 0.1) is 23.8 Å². The zero-order valence-corrected chi connectivity index (χ0v) is 19.0. The van der Waals surface area contributed by atoms with Crippen molar-refractivity contribution in [1.82, 2.24) is 4.31 Å². The fourth-order valence-corrected chi connectivity index (χ4v) is 6.61. The summed E-state index contributed by atoms with van der Waals surface area (Å²) in [6.07, 6.45) is 3.26. The van der Waals surface area contributed by atoms with E-state index in [4.69, 9.17) is 9.47 Å². The van der Waals surface area contributed by atoms with Gasteiger partial charge < -0.3 is 9.47 Å². The third kappa shape index (κ3) is 4.51. The van der Waals surface area contributed by atoms with Crippen molar-refractivity contribution in [1.29, 1.82) is 0 Å². The van der Waals surface area contributed by atoms with Gasteiger partial charge in [0, 0.05) is 19.5 Å². The minimum atomic E-state index is -3.90. The Morgan fingerprint density at radius 2 is 1.81 bits per heavy atom. The summed E-state index contributed by atoms with van der Waals surface area (Å²) in [5.74, 6) is 0.903. The van der Waals surface area contributed by atoms with E-state index in [2.05, 4.69) is 4.72 Å². The lowest BCUT2D eigenvalue weighted by atomic mass is 10.2. The number of sulfonamides is 2. The Balaban J connectivity index is 1.67. The highest BCUT2D eigenvalue weighted by Gasteiger charge is 2.30. The molecule has 0 bridgehead atoms. The summed E-state index contributed by atoms with van der Waals surface area (Å²) in [7, 11) is -7.71. The van der Waals surface area contributed by atoms with Gasteiger partial charge in [0.2, 0.25) is 10.0 Å². The van der Waals surface area contributed by atoms with Crippen LogP contribution in [-0.4, -0.2) is 47.4 Å². The molecular formula is C21H26N2O6S2. The van der Waals surface area contributed by atoms with Gasteiger partial charge in [0.15, 0.2) is 0 Å². The monoisotopic (exact) mass is 466 g/mol. The Labute approximate surface area is 183 Å². The standard InChI is InChI=1S/C21H26N2O6S2/c1-2-28-20-8-6-17(15-21(20)31(26,27)23-11-4-3-5-12-23)22-30(24,25)18-7-9-19-16(14-18)10-13-29-19/h6-9,14-15,22H,2-5,10-13H2,1H3. The molecule has 168 valence electrons. The first kappa shape index (κ1) is 21.9. The smallest absolute Gasteiger partial charge is 0.261 e. The van der Waals surface area contributed by atoms with Crippen LogP contribution in [0.1, 0.15) is 31.7 Å². The minimum Gasteiger partial charge on any atom is -0.493 e. The quantitative estimate of drug-likeness (QED) is 0.673. The average molecular weight is 467 g/mol. The van der Waals surface area contributed by atoms with Gasteiger partial charge in [-0.1, -0.05) is 6.42 Å². The molecule has 2 aliphatic rings. The molecule has 0 aliphatic carbocycles. The number of rotatable bonds is 7. The van der Waals surface area contributed by atoms with E-state index in [1.807, 2.05) is 0 Å². The number of piperidine rings is 1. The van der Waals surface area contributed by atoms with Crippen molar-refractivity contribution in [3.63, 3.8) is 0 Å². The second-order valence-corrected chi connectivity index (χ2v) is 11.1. The Morgan fingerprint density at radius 3 is 2.55 bits per heavy atom. The van der Waals surface area contributed by atoms with Crippen molar-refractivity contribution in [3.05, 3.63) is 42.0 Å². The fourth-order valence-electron chi connectivity index (χ4n) is 3.84. The Hall–Kier alpha value is -2.30. The maximum Gasteiger partial charge on any atom is 0.261 e. The third-order valence-electron chi connectivity index (χ3n) is 5.40. The molecule has 2 heterocycles. The first-order valence-corrected chi connectivity index (χ1v) is 13.3. The SMILES string of the molecule is CCOc1ccc(NS(=O)(=O)c2ccc3c(c2)CCO3)cc1S(=O)(=O)N1CCCCC1. The van der Waals surface area contributed by atoms with E-state index in [-0.39, 0.29) is 21.2 Å². The molecule has 0 spiro atoms. The van der Waals surface area contributed by atoms with Crippen LogP contribution in [-0.2, 0) is 26.5 Å². The molecule has 0 aromatic heterocycles. The van der Waals surface area contributed by atoms with Crippen LogP contribution >= 0.6 is 0 Å². The molecule has 0 saturated carbocycles. The van der Waals surface area contributed by atoms with E-state index in [1.54, 1.807) is 19.1 Å². The predicted molar refractivity (Wildman–Crippen MR) is 117 cm³/mol. The van der Waals surface area contributed by atoms with Crippen LogP contribution in [0.25, 0.3) is 0 Å². The molecule has 8 nitrogen and oxygen atoms in total. The van der Waals surface area contributed by atoms with E-state index in [0.717, 1.165) is 24.8 Å². The number of hydrogen-bond donors (Lipinski definition) is 1. The van der Waals surface area contributed by atoms with E-state index >= 15 is 0 Å². The number of nitrogens with zero attached hydrogens (tertiary/aromatic N) is 1. The zero-order valence-electron chi connectivity index (χ0n) is 17.3. The van der Waals surface area contributed by atoms with Gasteiger partial charge in [0.25, 0.3) is 10.0 Å². The Morgan fingerprint density at radius 1 is 1.03 bits per heavy atom. The first-order chi connectivity index (χ1) is 14.8. The summed E-state index contributed by atoms with van der Waals surface area (Å²) in [6.45, 7) is 3.49. The number of nitrogens with one attached hydrogen (secondary N) is 1. The second-order valence-electron chi connectivity index (χ2n) is 7.53. The number of ether oxygens (including phenoxy) is 2. The third-order valence-corrected chi connectivity index (χ3v) is 8.70. The van der Waals surface area contributed by atoms with Crippen LogP contribution < -0.4 is 14.2 Å². The van der Waals surface area contributed by atoms with Gasteiger partial charge in [-0.2, -0.15) is 4.31 Å². The summed E-state index contributed by atoms with van der Waals surface area (Å²) in [6, 6.07) is 9.05. The summed E-state index contributed by atoms with van der Waals surface area (Å²) < 4.78 is 67.3. The summed E-state index contributed by atoms with van der Waals surface area (Å²) >= 11 is 0. The number of anilines is 1. The van der Waals surface area contributed by atoms with Gasteiger partial charge in [0.1, 0.15) is 16.4 Å². The molecule has 2 aromatic rings. The first-order valence-electron chi connectivity index (χ1n) is 10.4. The van der Waals surface area contributed by atoms with E-state index < -0.39 is 20.0 Å². The van der Waals surface area contributed by atoms with Crippen molar-refractivity contribution in [2.75, 3.05) is 31.0 Å². The van der Waals surface area contributed by atoms with E-state index in [0.29, 0.717) is 38.5 Å². The summed E-state index contributed by atoms with van der Waals surface area (Å²) in [5, 5.41) is 0. The lowest BCUT2D eigenvalue weighted by molar-refractivity contribution is 0.323. The molecule has 2 aliphatic heterocycles. The van der Waals surface area contributed by atoms with Gasteiger partial charge >= 0.3 is 0 Å². The zero-order chi connectivity index (χ0) is 22.1. The van der Waals surface area contributed by atoms with Gasteiger partial charge in [-0.25, -0.2) is 16.8 Å². The van der Waals surface area contributed by atoms with Crippen molar-refractivity contribution >= 4 is 25.7 Å². The molecule has 1 N–H and O–H groups in total. The van der Waals surface area contributed by atoms with Crippen LogP contribution in [0.3, 0.4) is 0 Å². The van der Waals surface area contributed by atoms with Crippen LogP contribution in [0, 0.1) is 0 Å². The molecule has 0 atom stereocenters. The molecule has 2 aromatic carbocycles. The molecule has 10 heteroatoms. The van der Waals surface area contributed by atoms with Crippen molar-refractivity contribution in [3.8, 4) is 11.5 Å². The van der Waals surface area contributed by atoms with Crippen LogP contribution in [0.4, 0.5) is 5.69 Å². The Kier molecular flexibility index (Phi) is 6.14. The van der Waals surface area contributed by atoms with Gasteiger partial charge in [-0.15, -0.1) is 0 Å². The molecule has 31 heavy (non-hydrogen) atoms. The topological polar surface area (TPSA) is 102 Å². The summed E-state index contributed by atoms with van der Waals surface area (Å²) in [5.41, 5.74) is 0.999. The lowest BCUT2D eigenvalue weighted by Crippen LogP contribution is -2.35. The van der Waals surface area contributed by atoms with E-state index in [1.165, 1.54) is 28.6 Å². The highest BCUT2D eigenvalue weighted by Crippen LogP contribution is 2.33. The maximum atomic E-state index is 13.3. The second kappa shape index (κ2) is 8.68. The van der Waals surface area contributed by atoms with Crippen LogP contribution in [0.5, 0.6) is 11.5 Å².